The molecule has 0 aromatic carbocycles. The summed E-state index contributed by atoms with van der Waals surface area (Å²) in [5.41, 5.74) is 0. The van der Waals surface area contributed by atoms with Gasteiger partial charge in [-0.05, 0) is 51.4 Å². The van der Waals surface area contributed by atoms with Crippen LogP contribution in [0.25, 0.3) is 0 Å². The van der Waals surface area contributed by atoms with Gasteiger partial charge in [-0.3, -0.25) is 9.59 Å². The van der Waals surface area contributed by atoms with Crippen LogP contribution in [-0.2, 0) is 33.3 Å². The second-order valence-corrected chi connectivity index (χ2v) is 21.6. The van der Waals surface area contributed by atoms with Gasteiger partial charge in [0.25, 0.3) is 6.29 Å². The number of quaternary nitrogens is 1. The summed E-state index contributed by atoms with van der Waals surface area (Å²) in [5.74, 6) is -1.99. The van der Waals surface area contributed by atoms with Crippen LogP contribution in [-0.4, -0.2) is 87.4 Å². The number of carboxylic acid groups (broad SMARTS) is 1. The Hall–Kier alpha value is -2.75. The number of carboxylic acids is 1. The molecule has 0 spiro atoms. The second kappa shape index (κ2) is 54.5. The van der Waals surface area contributed by atoms with E-state index in [0.29, 0.717) is 17.4 Å². The third kappa shape index (κ3) is 55.0. The van der Waals surface area contributed by atoms with Crippen molar-refractivity contribution in [2.24, 2.45) is 0 Å². The number of aliphatic carboxylic acids is 1. The lowest BCUT2D eigenvalue weighted by atomic mass is 10.0. The van der Waals surface area contributed by atoms with Crippen molar-refractivity contribution in [1.82, 2.24) is 0 Å². The first-order valence-corrected chi connectivity index (χ1v) is 30.3. The first-order valence-electron chi connectivity index (χ1n) is 30.3. The molecular formula is C63H116NO8+. The Balaban J connectivity index is 4.20. The van der Waals surface area contributed by atoms with Crippen molar-refractivity contribution in [2.75, 3.05) is 47.5 Å². The molecular weight excluding hydrogens is 899 g/mol. The number of carbonyl (C=O) groups excluding carboxylic acids is 2. The number of nitrogens with zero attached hydrogens (tertiary/aromatic N) is 1. The Labute approximate surface area is 444 Å². The average Bonchev–Trinajstić information content (AvgIpc) is 3.35. The predicted molar refractivity (Wildman–Crippen MR) is 304 cm³/mol. The molecule has 1 N–H and O–H groups in total. The number of carbonyl (C=O) groups is 3. The standard InChI is InChI=1S/C63H115NO8/c1-6-8-10-12-14-16-18-20-22-24-26-28-30-31-32-34-36-38-40-42-44-46-48-50-52-54-61(66)72-59(58-71-63(62(67)68)69-56-55-64(3,4)5)57-70-60(65)53-51-49-47-45-43-41-39-37-35-33-29-27-25-23-21-19-17-15-13-11-9-7-2/h8,10,14,16,20,22,26,28,59,63H,6-7,9,11-13,15,17-19,21,23-25,27,29-58H2,1-5H3/p+1/b10-8-,16-14-,22-20-,28-26-. The SMILES string of the molecule is CC/C=C\C/C=C\C/C=C\C/C=C\CCCCCCCCCCCCCCC(=O)OC(COC(=O)CCCCCCCCCCCCCCCCCCCCCCCC)COC(OCC[N+](C)(C)C)C(=O)O. The molecule has 0 aliphatic heterocycles. The summed E-state index contributed by atoms with van der Waals surface area (Å²) in [6.07, 6.45) is 64.8. The monoisotopic (exact) mass is 1010 g/mol. The molecule has 0 rings (SSSR count). The molecule has 0 aromatic heterocycles. The molecule has 0 aliphatic carbocycles. The lowest BCUT2D eigenvalue weighted by Gasteiger charge is -2.25. The second-order valence-electron chi connectivity index (χ2n) is 21.6. The van der Waals surface area contributed by atoms with Crippen molar-refractivity contribution in [3.8, 4) is 0 Å². The molecule has 2 unspecified atom stereocenters. The molecule has 2 atom stereocenters. The van der Waals surface area contributed by atoms with Crippen molar-refractivity contribution in [3.05, 3.63) is 48.6 Å². The zero-order chi connectivity index (χ0) is 52.7. The normalized spacial score (nSPS) is 13.1. The first kappa shape index (κ1) is 69.2. The predicted octanol–water partition coefficient (Wildman–Crippen LogP) is 17.9. The largest absolute Gasteiger partial charge is 0.477 e. The van der Waals surface area contributed by atoms with E-state index < -0.39 is 24.3 Å². The maximum Gasteiger partial charge on any atom is 0.361 e. The molecule has 9 nitrogen and oxygen atoms in total. The molecule has 0 radical (unpaired) electrons. The molecule has 420 valence electrons. The Morgan fingerprint density at radius 3 is 1.18 bits per heavy atom. The quantitative estimate of drug-likeness (QED) is 0.0211. The molecule has 0 amide bonds. The highest BCUT2D eigenvalue weighted by molar-refractivity contribution is 5.71. The van der Waals surface area contributed by atoms with Gasteiger partial charge < -0.3 is 28.5 Å². The molecule has 0 aliphatic rings. The van der Waals surface area contributed by atoms with Crippen LogP contribution < -0.4 is 0 Å². The van der Waals surface area contributed by atoms with Gasteiger partial charge in [-0.15, -0.1) is 0 Å². The Kier molecular flexibility index (Phi) is 52.4. The molecule has 0 aromatic rings. The maximum absolute atomic E-state index is 12.9. The highest BCUT2D eigenvalue weighted by atomic mass is 16.7. The number of unbranched alkanes of at least 4 members (excludes halogenated alkanes) is 33. The molecule has 9 heteroatoms. The van der Waals surface area contributed by atoms with E-state index in [2.05, 4.69) is 62.5 Å². The lowest BCUT2D eigenvalue weighted by molar-refractivity contribution is -0.870. The van der Waals surface area contributed by atoms with Crippen molar-refractivity contribution in [3.63, 3.8) is 0 Å². The van der Waals surface area contributed by atoms with E-state index in [1.807, 2.05) is 21.1 Å². The average molecular weight is 1020 g/mol. The first-order chi connectivity index (χ1) is 35.1. The number of hydrogen-bond acceptors (Lipinski definition) is 7. The minimum atomic E-state index is -1.51. The van der Waals surface area contributed by atoms with Crippen molar-refractivity contribution < 1.29 is 42.9 Å². The molecule has 0 saturated heterocycles. The van der Waals surface area contributed by atoms with Crippen LogP contribution in [0.15, 0.2) is 48.6 Å². The van der Waals surface area contributed by atoms with E-state index in [-0.39, 0.29) is 32.2 Å². The van der Waals surface area contributed by atoms with Crippen LogP contribution in [0, 0.1) is 0 Å². The van der Waals surface area contributed by atoms with E-state index in [9.17, 15) is 19.5 Å². The third-order valence-corrected chi connectivity index (χ3v) is 13.3. The molecule has 0 heterocycles. The van der Waals surface area contributed by atoms with Gasteiger partial charge in [0.1, 0.15) is 13.2 Å². The number of esters is 2. The van der Waals surface area contributed by atoms with Gasteiger partial charge in [-0.25, -0.2) is 4.79 Å². The van der Waals surface area contributed by atoms with E-state index in [1.165, 1.54) is 186 Å². The van der Waals surface area contributed by atoms with Gasteiger partial charge >= 0.3 is 17.9 Å². The summed E-state index contributed by atoms with van der Waals surface area (Å²) >= 11 is 0. The fraction of sp³-hybridized carbons (Fsp3) is 0.825. The van der Waals surface area contributed by atoms with Crippen LogP contribution in [0.3, 0.4) is 0 Å². The summed E-state index contributed by atoms with van der Waals surface area (Å²) in [5, 5.41) is 9.71. The van der Waals surface area contributed by atoms with Gasteiger partial charge in [0.15, 0.2) is 6.10 Å². The van der Waals surface area contributed by atoms with Gasteiger partial charge in [-0.2, -0.15) is 0 Å². The number of ether oxygens (including phenoxy) is 4. The summed E-state index contributed by atoms with van der Waals surface area (Å²) in [6, 6.07) is 0. The van der Waals surface area contributed by atoms with E-state index in [0.717, 1.165) is 64.2 Å². The van der Waals surface area contributed by atoms with Crippen LogP contribution in [0.1, 0.15) is 277 Å². The van der Waals surface area contributed by atoms with Crippen LogP contribution in [0.4, 0.5) is 0 Å². The van der Waals surface area contributed by atoms with Crippen LogP contribution in [0.5, 0.6) is 0 Å². The fourth-order valence-corrected chi connectivity index (χ4v) is 8.71. The summed E-state index contributed by atoms with van der Waals surface area (Å²) in [6.45, 7) is 4.81. The lowest BCUT2D eigenvalue weighted by Crippen LogP contribution is -2.40. The number of likely N-dealkylation sites (N-methyl/N-ethyl adjacent to an activating group) is 1. The van der Waals surface area contributed by atoms with Gasteiger partial charge in [0.05, 0.1) is 34.4 Å². The van der Waals surface area contributed by atoms with E-state index >= 15 is 0 Å². The minimum absolute atomic E-state index is 0.179. The molecule has 0 bridgehead atoms. The van der Waals surface area contributed by atoms with Gasteiger partial charge in [-0.1, -0.05) is 262 Å². The Bertz CT molecular complexity index is 1320. The zero-order valence-corrected chi connectivity index (χ0v) is 47.8. The number of allylic oxidation sites excluding steroid dienone is 8. The van der Waals surface area contributed by atoms with E-state index in [4.69, 9.17) is 18.9 Å². The Morgan fingerprint density at radius 1 is 0.431 bits per heavy atom. The molecule has 0 saturated carbocycles. The highest BCUT2D eigenvalue weighted by Gasteiger charge is 2.25. The van der Waals surface area contributed by atoms with Gasteiger partial charge in [0, 0.05) is 12.8 Å². The summed E-state index contributed by atoms with van der Waals surface area (Å²) < 4.78 is 22.9. The third-order valence-electron chi connectivity index (χ3n) is 13.3. The number of rotatable bonds is 56. The zero-order valence-electron chi connectivity index (χ0n) is 47.8. The highest BCUT2D eigenvalue weighted by Crippen LogP contribution is 2.17. The van der Waals surface area contributed by atoms with Crippen LogP contribution >= 0.6 is 0 Å². The summed E-state index contributed by atoms with van der Waals surface area (Å²) in [4.78, 5) is 37.5. The van der Waals surface area contributed by atoms with Crippen molar-refractivity contribution in [1.29, 1.82) is 0 Å². The fourth-order valence-electron chi connectivity index (χ4n) is 8.71. The smallest absolute Gasteiger partial charge is 0.361 e. The van der Waals surface area contributed by atoms with Gasteiger partial charge in [0.2, 0.25) is 0 Å². The molecule has 0 fully saturated rings. The summed E-state index contributed by atoms with van der Waals surface area (Å²) in [7, 11) is 5.98. The van der Waals surface area contributed by atoms with Crippen molar-refractivity contribution in [2.45, 2.75) is 289 Å². The topological polar surface area (TPSA) is 108 Å². The minimum Gasteiger partial charge on any atom is -0.477 e. The van der Waals surface area contributed by atoms with Crippen LogP contribution in [0.2, 0.25) is 0 Å². The maximum atomic E-state index is 12.9. The number of hydrogen-bond donors (Lipinski definition) is 1. The Morgan fingerprint density at radius 2 is 0.792 bits per heavy atom. The molecule has 72 heavy (non-hydrogen) atoms. The van der Waals surface area contributed by atoms with E-state index in [1.54, 1.807) is 0 Å². The van der Waals surface area contributed by atoms with Crippen molar-refractivity contribution >= 4 is 17.9 Å².